The molecule has 0 bridgehead atoms. The molecule has 1 heterocycles. The first-order chi connectivity index (χ1) is 7.37. The van der Waals surface area contributed by atoms with E-state index in [2.05, 4.69) is 25.9 Å². The number of aryl methyl sites for hydroxylation is 1. The number of halogens is 1. The minimum absolute atomic E-state index is 0.377. The molecule has 1 aromatic rings. The number of H-pyrrole nitrogens is 1. The Bertz CT molecular complexity index is 380. The lowest BCUT2D eigenvalue weighted by Crippen LogP contribution is -2.24. The number of ether oxygens (including phenoxy) is 1. The number of nitrogens with one attached hydrogen (secondary N) is 1. The quantitative estimate of drug-likeness (QED) is 0.687. The second kappa shape index (κ2) is 4.99. The third-order valence-corrected chi connectivity index (χ3v) is 2.45. The van der Waals surface area contributed by atoms with Crippen LogP contribution in [0.3, 0.4) is 0 Å². The first kappa shape index (κ1) is 13.2. The number of alkyl halides is 1. The molecule has 1 rings (SSSR count). The largest absolute Gasteiger partial charge is 0.455 e. The van der Waals surface area contributed by atoms with E-state index >= 15 is 0 Å². The number of hydrogen-bond acceptors (Lipinski definition) is 3. The van der Waals surface area contributed by atoms with Crippen LogP contribution in [-0.2, 0) is 16.5 Å². The number of carbonyl (C=O) groups is 1. The maximum Gasteiger partial charge on any atom is 0.359 e. The molecule has 0 amide bonds. The lowest BCUT2D eigenvalue weighted by atomic mass is 10.2. The molecule has 0 atom stereocenters. The molecule has 5 heteroatoms. The molecule has 16 heavy (non-hydrogen) atoms. The van der Waals surface area contributed by atoms with Crippen molar-refractivity contribution in [3.05, 3.63) is 17.2 Å². The maximum atomic E-state index is 11.8. The van der Waals surface area contributed by atoms with Gasteiger partial charge in [-0.2, -0.15) is 0 Å². The van der Waals surface area contributed by atoms with Crippen LogP contribution in [0.4, 0.5) is 0 Å². The van der Waals surface area contributed by atoms with E-state index in [-0.39, 0.29) is 5.97 Å². The average molecular weight is 289 g/mol. The molecule has 90 valence electrons. The van der Waals surface area contributed by atoms with Crippen molar-refractivity contribution in [3.8, 4) is 0 Å². The Morgan fingerprint density at radius 1 is 1.50 bits per heavy atom. The van der Waals surface area contributed by atoms with Crippen molar-refractivity contribution in [2.45, 2.75) is 45.0 Å². The first-order valence-corrected chi connectivity index (χ1v) is 6.36. The lowest BCUT2D eigenvalue weighted by Gasteiger charge is -2.18. The summed E-state index contributed by atoms with van der Waals surface area (Å²) in [5.41, 5.74) is 0.654. The number of nitrogens with zero attached hydrogens (tertiary/aromatic N) is 1. The van der Waals surface area contributed by atoms with Crippen LogP contribution in [0.25, 0.3) is 0 Å². The van der Waals surface area contributed by atoms with Crippen LogP contribution in [0.2, 0.25) is 0 Å². The van der Waals surface area contributed by atoms with Crippen LogP contribution in [0.5, 0.6) is 0 Å². The zero-order valence-electron chi connectivity index (χ0n) is 10.1. The highest BCUT2D eigenvalue weighted by atomic mass is 79.9. The molecule has 4 nitrogen and oxygen atoms in total. The molecule has 0 saturated carbocycles. The molecule has 0 spiro atoms. The summed E-state index contributed by atoms with van der Waals surface area (Å²) in [7, 11) is 0. The summed E-state index contributed by atoms with van der Waals surface area (Å²) >= 11 is 3.32. The number of imidazole rings is 1. The molecular weight excluding hydrogens is 272 g/mol. The third-order valence-electron chi connectivity index (χ3n) is 1.89. The Balaban J connectivity index is 2.94. The second-order valence-electron chi connectivity index (χ2n) is 4.50. The van der Waals surface area contributed by atoms with Crippen molar-refractivity contribution in [2.24, 2.45) is 0 Å². The summed E-state index contributed by atoms with van der Waals surface area (Å²) in [6, 6.07) is 0. The van der Waals surface area contributed by atoms with Gasteiger partial charge in [0.05, 0.1) is 5.69 Å². The van der Waals surface area contributed by atoms with E-state index in [4.69, 9.17) is 4.74 Å². The monoisotopic (exact) mass is 288 g/mol. The zero-order valence-corrected chi connectivity index (χ0v) is 11.6. The minimum Gasteiger partial charge on any atom is -0.455 e. The zero-order chi connectivity index (χ0) is 12.3. The fraction of sp³-hybridized carbons (Fsp3) is 0.636. The summed E-state index contributed by atoms with van der Waals surface area (Å²) in [6.07, 6.45) is 0.767. The van der Waals surface area contributed by atoms with E-state index in [0.29, 0.717) is 11.0 Å². The number of carbonyl (C=O) groups excluding carboxylic acids is 1. The fourth-order valence-electron chi connectivity index (χ4n) is 1.22. The number of aromatic amines is 1. The van der Waals surface area contributed by atoms with Gasteiger partial charge in [0.1, 0.15) is 11.4 Å². The molecule has 0 saturated heterocycles. The predicted octanol–water partition coefficient (Wildman–Crippen LogP) is 2.82. The summed E-state index contributed by atoms with van der Waals surface area (Å²) in [5.74, 6) is 0.424. The van der Waals surface area contributed by atoms with E-state index < -0.39 is 5.60 Å². The number of hydrogen-bond donors (Lipinski definition) is 1. The molecule has 0 radical (unpaired) electrons. The minimum atomic E-state index is -0.494. The number of esters is 1. The van der Waals surface area contributed by atoms with Crippen LogP contribution in [0.15, 0.2) is 0 Å². The molecule has 1 N–H and O–H groups in total. The van der Waals surface area contributed by atoms with Crippen molar-refractivity contribution in [1.82, 2.24) is 9.97 Å². The van der Waals surface area contributed by atoms with Crippen LogP contribution in [0, 0.1) is 0 Å². The van der Waals surface area contributed by atoms with Gasteiger partial charge in [-0.05, 0) is 20.8 Å². The van der Waals surface area contributed by atoms with E-state index in [9.17, 15) is 4.79 Å². The molecule has 0 aliphatic rings. The van der Waals surface area contributed by atoms with Crippen LogP contribution >= 0.6 is 15.9 Å². The van der Waals surface area contributed by atoms with E-state index in [0.717, 1.165) is 17.9 Å². The Kier molecular flexibility index (Phi) is 4.13. The summed E-state index contributed by atoms with van der Waals surface area (Å²) in [5, 5.41) is 0.564. The van der Waals surface area contributed by atoms with Gasteiger partial charge in [0, 0.05) is 11.8 Å². The molecule has 0 unspecified atom stereocenters. The molecule has 0 aliphatic carbocycles. The summed E-state index contributed by atoms with van der Waals surface area (Å²) < 4.78 is 5.28. The third kappa shape index (κ3) is 3.33. The van der Waals surface area contributed by atoms with Gasteiger partial charge < -0.3 is 9.72 Å². The van der Waals surface area contributed by atoms with Crippen molar-refractivity contribution in [3.63, 3.8) is 0 Å². The van der Waals surface area contributed by atoms with Crippen molar-refractivity contribution >= 4 is 21.9 Å². The normalized spacial score (nSPS) is 11.6. The standard InChI is InChI=1S/C11H17BrN2O2/c1-5-8-13-7(6-12)9(14-8)10(15)16-11(2,3)4/h5-6H2,1-4H3,(H,13,14). The van der Waals surface area contributed by atoms with Crippen molar-refractivity contribution in [2.75, 3.05) is 0 Å². The topological polar surface area (TPSA) is 55.0 Å². The SMILES string of the molecule is CCc1nc(C(=O)OC(C)(C)C)c(CBr)[nH]1. The van der Waals surface area contributed by atoms with Gasteiger partial charge in [-0.3, -0.25) is 0 Å². The van der Waals surface area contributed by atoms with Crippen LogP contribution in [0.1, 0.15) is 49.7 Å². The fourth-order valence-corrected chi connectivity index (χ4v) is 1.63. The van der Waals surface area contributed by atoms with Gasteiger partial charge in [0.25, 0.3) is 0 Å². The van der Waals surface area contributed by atoms with Gasteiger partial charge >= 0.3 is 5.97 Å². The molecule has 1 aromatic heterocycles. The number of aromatic nitrogens is 2. The van der Waals surface area contributed by atoms with E-state index in [1.807, 2.05) is 27.7 Å². The summed E-state index contributed by atoms with van der Waals surface area (Å²) in [6.45, 7) is 7.50. The van der Waals surface area contributed by atoms with Crippen LogP contribution in [-0.4, -0.2) is 21.5 Å². The number of rotatable bonds is 3. The predicted molar refractivity (Wildman–Crippen MR) is 65.8 cm³/mol. The van der Waals surface area contributed by atoms with Gasteiger partial charge in [0.2, 0.25) is 0 Å². The van der Waals surface area contributed by atoms with Crippen molar-refractivity contribution < 1.29 is 9.53 Å². The highest BCUT2D eigenvalue weighted by molar-refractivity contribution is 9.08. The lowest BCUT2D eigenvalue weighted by molar-refractivity contribution is 0.00624. The maximum absolute atomic E-state index is 11.8. The highest BCUT2D eigenvalue weighted by Gasteiger charge is 2.23. The summed E-state index contributed by atoms with van der Waals surface area (Å²) in [4.78, 5) is 19.2. The van der Waals surface area contributed by atoms with Gasteiger partial charge in [0.15, 0.2) is 5.69 Å². The van der Waals surface area contributed by atoms with Gasteiger partial charge in [-0.25, -0.2) is 9.78 Å². The van der Waals surface area contributed by atoms with Gasteiger partial charge in [-0.15, -0.1) is 0 Å². The Labute approximate surface area is 104 Å². The van der Waals surface area contributed by atoms with Crippen molar-refractivity contribution in [1.29, 1.82) is 0 Å². The van der Waals surface area contributed by atoms with Gasteiger partial charge in [-0.1, -0.05) is 22.9 Å². The average Bonchev–Trinajstić information content (AvgIpc) is 2.58. The second-order valence-corrected chi connectivity index (χ2v) is 5.06. The van der Waals surface area contributed by atoms with Crippen LogP contribution < -0.4 is 0 Å². The smallest absolute Gasteiger partial charge is 0.359 e. The molecular formula is C11H17BrN2O2. The molecule has 0 fully saturated rings. The molecule has 0 aliphatic heterocycles. The molecule has 0 aromatic carbocycles. The Hall–Kier alpha value is -0.840. The van der Waals surface area contributed by atoms with E-state index in [1.165, 1.54) is 0 Å². The van der Waals surface area contributed by atoms with E-state index in [1.54, 1.807) is 0 Å². The highest BCUT2D eigenvalue weighted by Crippen LogP contribution is 2.16. The Morgan fingerprint density at radius 3 is 2.56 bits per heavy atom. The first-order valence-electron chi connectivity index (χ1n) is 5.24. The Morgan fingerprint density at radius 2 is 2.12 bits per heavy atom.